The van der Waals surface area contributed by atoms with Crippen molar-refractivity contribution in [2.45, 2.75) is 95.3 Å². The lowest BCUT2D eigenvalue weighted by Crippen LogP contribution is -2.41. The maximum atomic E-state index is 13.9. The maximum Gasteiger partial charge on any atom is 0.280 e. The highest BCUT2D eigenvalue weighted by Crippen LogP contribution is 2.41. The molecule has 2 amide bonds. The van der Waals surface area contributed by atoms with Crippen molar-refractivity contribution in [3.63, 3.8) is 0 Å². The van der Waals surface area contributed by atoms with E-state index >= 15 is 0 Å². The number of aryl methyl sites for hydroxylation is 1. The predicted molar refractivity (Wildman–Crippen MR) is 147 cm³/mol. The Bertz CT molecular complexity index is 1350. The molecule has 3 aliphatic heterocycles. The van der Waals surface area contributed by atoms with Crippen molar-refractivity contribution in [3.8, 4) is 10.4 Å². The number of aromatic nitrogens is 2. The maximum absolute atomic E-state index is 13.9. The van der Waals surface area contributed by atoms with E-state index in [4.69, 9.17) is 0 Å². The van der Waals surface area contributed by atoms with Crippen LogP contribution in [0.1, 0.15) is 90.6 Å². The molecule has 9 nitrogen and oxygen atoms in total. The van der Waals surface area contributed by atoms with Crippen LogP contribution in [0.15, 0.2) is 12.3 Å². The van der Waals surface area contributed by atoms with Crippen LogP contribution in [0, 0.1) is 6.92 Å². The number of carbonyl (C=O) groups is 2. The number of hydrogen-bond donors (Lipinski definition) is 2. The Morgan fingerprint density at radius 1 is 1.08 bits per heavy atom. The SMILES string of the molecule is Cc1cc(NC2(C)CCC2)ncc1-c1sc(C(=O)NC2CCS(=O)(=O)CC2)nc1C(=O)N1C2CCC1CC2. The Balaban J connectivity index is 1.30. The molecule has 1 aliphatic carbocycles. The van der Waals surface area contributed by atoms with Crippen LogP contribution in [0.3, 0.4) is 0 Å². The van der Waals surface area contributed by atoms with Crippen molar-refractivity contribution in [3.05, 3.63) is 28.5 Å². The standard InChI is InChI=1S/C27H35N5O4S2/c1-16-14-21(31-27(2)10-3-11-27)28-15-20(16)23-22(26(34)32-18-4-5-19(32)7-6-18)30-25(37-23)24(33)29-17-8-12-38(35,36)13-9-17/h14-15,17-19H,3-13H2,1-2H3,(H,28,31)(H,29,33). The van der Waals surface area contributed by atoms with Crippen LogP contribution < -0.4 is 10.6 Å². The number of nitrogens with one attached hydrogen (secondary N) is 2. The fourth-order valence-electron chi connectivity index (χ4n) is 6.40. The van der Waals surface area contributed by atoms with Crippen LogP contribution in [0.2, 0.25) is 0 Å². The van der Waals surface area contributed by atoms with Gasteiger partial charge in [-0.15, -0.1) is 11.3 Å². The first-order chi connectivity index (χ1) is 18.1. The molecular formula is C27H35N5O4S2. The molecule has 38 heavy (non-hydrogen) atoms. The molecule has 4 fully saturated rings. The van der Waals surface area contributed by atoms with Gasteiger partial charge in [0, 0.05) is 35.4 Å². The summed E-state index contributed by atoms with van der Waals surface area (Å²) in [5.74, 6) is 0.506. The molecule has 0 aromatic carbocycles. The quantitative estimate of drug-likeness (QED) is 0.552. The molecule has 2 aromatic heterocycles. The highest BCUT2D eigenvalue weighted by Gasteiger charge is 2.44. The van der Waals surface area contributed by atoms with E-state index in [2.05, 4.69) is 27.5 Å². The first-order valence-electron chi connectivity index (χ1n) is 13.7. The van der Waals surface area contributed by atoms with Crippen LogP contribution in [-0.4, -0.2) is 70.3 Å². The monoisotopic (exact) mass is 557 g/mol. The molecule has 11 heteroatoms. The van der Waals surface area contributed by atoms with Crippen molar-refractivity contribution < 1.29 is 18.0 Å². The minimum Gasteiger partial charge on any atom is -0.365 e. The lowest BCUT2D eigenvalue weighted by molar-refractivity contribution is 0.0725. The second kappa shape index (κ2) is 9.59. The smallest absolute Gasteiger partial charge is 0.280 e. The third-order valence-electron chi connectivity index (χ3n) is 8.84. The van der Waals surface area contributed by atoms with Gasteiger partial charge < -0.3 is 15.5 Å². The zero-order valence-corrected chi connectivity index (χ0v) is 23.6. The number of carbonyl (C=O) groups excluding carboxylic acids is 2. The van der Waals surface area contributed by atoms with E-state index < -0.39 is 9.84 Å². The molecule has 5 heterocycles. The summed E-state index contributed by atoms with van der Waals surface area (Å²) in [6.07, 6.45) is 10.1. The van der Waals surface area contributed by atoms with E-state index in [1.807, 2.05) is 17.9 Å². The summed E-state index contributed by atoms with van der Waals surface area (Å²) < 4.78 is 23.6. The molecule has 204 valence electrons. The van der Waals surface area contributed by atoms with Gasteiger partial charge in [-0.25, -0.2) is 18.4 Å². The molecule has 0 unspecified atom stereocenters. The summed E-state index contributed by atoms with van der Waals surface area (Å²) in [4.78, 5) is 39.0. The molecule has 2 aromatic rings. The zero-order chi connectivity index (χ0) is 26.7. The number of nitrogens with zero attached hydrogens (tertiary/aromatic N) is 3. The van der Waals surface area contributed by atoms with E-state index in [0.29, 0.717) is 23.4 Å². The molecule has 2 bridgehead atoms. The predicted octanol–water partition coefficient (Wildman–Crippen LogP) is 3.94. The third kappa shape index (κ3) is 4.83. The van der Waals surface area contributed by atoms with E-state index in [0.717, 1.165) is 55.5 Å². The largest absolute Gasteiger partial charge is 0.365 e. The van der Waals surface area contributed by atoms with Crippen molar-refractivity contribution in [2.75, 3.05) is 16.8 Å². The Hall–Kier alpha value is -2.53. The number of rotatable bonds is 6. The Morgan fingerprint density at radius 3 is 2.32 bits per heavy atom. The van der Waals surface area contributed by atoms with Crippen LogP contribution in [0.4, 0.5) is 5.82 Å². The van der Waals surface area contributed by atoms with Gasteiger partial charge in [0.05, 0.1) is 16.4 Å². The fourth-order valence-corrected chi connectivity index (χ4v) is 8.92. The van der Waals surface area contributed by atoms with Crippen LogP contribution >= 0.6 is 11.3 Å². The number of thiazole rings is 1. The van der Waals surface area contributed by atoms with Gasteiger partial charge in [-0.2, -0.15) is 0 Å². The number of fused-ring (bicyclic) bond motifs is 2. The van der Waals surface area contributed by atoms with Crippen LogP contribution in [0.5, 0.6) is 0 Å². The topological polar surface area (TPSA) is 121 Å². The summed E-state index contributed by atoms with van der Waals surface area (Å²) in [7, 11) is -3.02. The van der Waals surface area contributed by atoms with Gasteiger partial charge in [-0.1, -0.05) is 0 Å². The van der Waals surface area contributed by atoms with Gasteiger partial charge in [-0.05, 0) is 83.3 Å². The van der Waals surface area contributed by atoms with Crippen molar-refractivity contribution in [1.29, 1.82) is 0 Å². The molecule has 3 saturated heterocycles. The molecular weight excluding hydrogens is 522 g/mol. The van der Waals surface area contributed by atoms with E-state index in [9.17, 15) is 18.0 Å². The lowest BCUT2D eigenvalue weighted by Gasteiger charge is -2.39. The number of amides is 2. The fraction of sp³-hybridized carbons (Fsp3) is 0.630. The number of anilines is 1. The second-order valence-electron chi connectivity index (χ2n) is 11.7. The van der Waals surface area contributed by atoms with Crippen molar-refractivity contribution in [2.24, 2.45) is 0 Å². The number of sulfone groups is 1. The molecule has 0 atom stereocenters. The minimum absolute atomic E-state index is 0.0747. The van der Waals surface area contributed by atoms with Gasteiger partial charge >= 0.3 is 0 Å². The highest BCUT2D eigenvalue weighted by atomic mass is 32.2. The number of hydrogen-bond acceptors (Lipinski definition) is 8. The first kappa shape index (κ1) is 25.7. The average molecular weight is 558 g/mol. The molecule has 6 rings (SSSR count). The Kier molecular flexibility index (Phi) is 6.49. The highest BCUT2D eigenvalue weighted by molar-refractivity contribution is 7.91. The lowest BCUT2D eigenvalue weighted by atomic mass is 9.78. The van der Waals surface area contributed by atoms with Gasteiger partial charge in [0.2, 0.25) is 0 Å². The molecule has 0 spiro atoms. The Morgan fingerprint density at radius 2 is 1.74 bits per heavy atom. The first-order valence-corrected chi connectivity index (χ1v) is 16.3. The van der Waals surface area contributed by atoms with Gasteiger partial charge in [0.1, 0.15) is 21.3 Å². The summed E-state index contributed by atoms with van der Waals surface area (Å²) in [6, 6.07) is 2.29. The van der Waals surface area contributed by atoms with Crippen molar-refractivity contribution in [1.82, 2.24) is 20.2 Å². The summed E-state index contributed by atoms with van der Waals surface area (Å²) in [5, 5.41) is 6.73. The van der Waals surface area contributed by atoms with Gasteiger partial charge in [0.15, 0.2) is 5.01 Å². The van der Waals surface area contributed by atoms with Gasteiger partial charge in [0.25, 0.3) is 11.8 Å². The normalized spacial score (nSPS) is 25.7. The summed E-state index contributed by atoms with van der Waals surface area (Å²) >= 11 is 1.22. The number of pyridine rings is 1. The third-order valence-corrected chi connectivity index (χ3v) is 11.6. The van der Waals surface area contributed by atoms with E-state index in [1.54, 1.807) is 6.20 Å². The average Bonchev–Trinajstić information content (AvgIpc) is 3.59. The molecule has 4 aliphatic rings. The minimum atomic E-state index is -3.02. The second-order valence-corrected chi connectivity index (χ2v) is 15.0. The Labute approximate surface area is 227 Å². The molecule has 2 N–H and O–H groups in total. The summed E-state index contributed by atoms with van der Waals surface area (Å²) in [6.45, 7) is 4.21. The van der Waals surface area contributed by atoms with E-state index in [1.165, 1.54) is 17.8 Å². The molecule has 1 saturated carbocycles. The van der Waals surface area contributed by atoms with E-state index in [-0.39, 0.29) is 52.0 Å². The zero-order valence-electron chi connectivity index (χ0n) is 22.0. The van der Waals surface area contributed by atoms with Crippen LogP contribution in [-0.2, 0) is 9.84 Å². The van der Waals surface area contributed by atoms with Crippen molar-refractivity contribution >= 4 is 38.8 Å². The van der Waals surface area contributed by atoms with Gasteiger partial charge in [-0.3, -0.25) is 9.59 Å². The summed E-state index contributed by atoms with van der Waals surface area (Å²) in [5.41, 5.74) is 2.17. The van der Waals surface area contributed by atoms with Crippen LogP contribution in [0.25, 0.3) is 10.4 Å². The molecule has 0 radical (unpaired) electrons.